The highest BCUT2D eigenvalue weighted by Gasteiger charge is 2.67. The SMILES string of the molecule is CCn1cnnc1CN(C)C(=O)[C@@H]1[C@@H]2C=C[C@@]3(CN(CCOC)C(=O)[C@@H]13)O2. The van der Waals surface area contributed by atoms with Crippen molar-refractivity contribution in [1.29, 1.82) is 0 Å². The van der Waals surface area contributed by atoms with Gasteiger partial charge in [-0.05, 0) is 6.92 Å². The van der Waals surface area contributed by atoms with Crippen LogP contribution < -0.4 is 0 Å². The Balaban J connectivity index is 1.52. The van der Waals surface area contributed by atoms with Crippen molar-refractivity contribution in [1.82, 2.24) is 24.6 Å². The van der Waals surface area contributed by atoms with Gasteiger partial charge in [0.25, 0.3) is 0 Å². The maximum Gasteiger partial charge on any atom is 0.230 e. The van der Waals surface area contributed by atoms with Crippen LogP contribution >= 0.6 is 0 Å². The summed E-state index contributed by atoms with van der Waals surface area (Å²) >= 11 is 0. The van der Waals surface area contributed by atoms with Crippen LogP contribution in [0.4, 0.5) is 0 Å². The first kappa shape index (κ1) is 18.1. The number of amides is 2. The van der Waals surface area contributed by atoms with Gasteiger partial charge < -0.3 is 23.8 Å². The number of methoxy groups -OCH3 is 1. The summed E-state index contributed by atoms with van der Waals surface area (Å²) < 4.78 is 13.1. The molecule has 0 radical (unpaired) electrons. The lowest BCUT2D eigenvalue weighted by Crippen LogP contribution is -2.44. The summed E-state index contributed by atoms with van der Waals surface area (Å²) in [5, 5.41) is 8.00. The molecule has 0 aliphatic carbocycles. The third kappa shape index (κ3) is 2.76. The van der Waals surface area contributed by atoms with Crippen molar-refractivity contribution in [2.45, 2.75) is 31.7 Å². The van der Waals surface area contributed by atoms with Gasteiger partial charge in [-0.25, -0.2) is 0 Å². The summed E-state index contributed by atoms with van der Waals surface area (Å²) in [5.41, 5.74) is -0.680. The molecule has 1 spiro atoms. The second-order valence-corrected chi connectivity index (χ2v) is 7.38. The Hall–Kier alpha value is -2.26. The fourth-order valence-corrected chi connectivity index (χ4v) is 4.46. The summed E-state index contributed by atoms with van der Waals surface area (Å²) in [4.78, 5) is 29.6. The molecule has 2 fully saturated rings. The molecule has 27 heavy (non-hydrogen) atoms. The molecule has 0 saturated carbocycles. The van der Waals surface area contributed by atoms with E-state index < -0.39 is 17.4 Å². The van der Waals surface area contributed by atoms with Crippen LogP contribution in [0.3, 0.4) is 0 Å². The standard InChI is InChI=1S/C18H25N5O4/c1-4-22-11-19-20-13(22)9-21(2)16(24)14-12-5-6-18(27-12)10-23(7-8-26-3)17(25)15(14)18/h5-6,11-12,14-15H,4,7-10H2,1-3H3/t12-,14+,15+,18-/m0/s1. The van der Waals surface area contributed by atoms with Gasteiger partial charge in [0, 0.05) is 27.2 Å². The first-order chi connectivity index (χ1) is 13.0. The molecule has 3 aliphatic rings. The monoisotopic (exact) mass is 375 g/mol. The van der Waals surface area contributed by atoms with Gasteiger partial charge in [-0.2, -0.15) is 0 Å². The van der Waals surface area contributed by atoms with E-state index >= 15 is 0 Å². The van der Waals surface area contributed by atoms with Gasteiger partial charge in [0.1, 0.15) is 11.9 Å². The minimum absolute atomic E-state index is 0.0256. The number of hydrogen-bond acceptors (Lipinski definition) is 6. The van der Waals surface area contributed by atoms with Crippen molar-refractivity contribution >= 4 is 11.8 Å². The lowest BCUT2D eigenvalue weighted by atomic mass is 9.76. The van der Waals surface area contributed by atoms with E-state index in [0.717, 1.165) is 12.4 Å². The molecule has 9 heteroatoms. The second-order valence-electron chi connectivity index (χ2n) is 7.38. The Labute approximate surface area is 157 Å². The van der Waals surface area contributed by atoms with Crippen LogP contribution in [0, 0.1) is 11.8 Å². The number of hydrogen-bond donors (Lipinski definition) is 0. The smallest absolute Gasteiger partial charge is 0.230 e. The molecular weight excluding hydrogens is 350 g/mol. The van der Waals surface area contributed by atoms with Gasteiger partial charge in [0.05, 0.1) is 37.6 Å². The van der Waals surface area contributed by atoms with Gasteiger partial charge in [0.15, 0.2) is 5.82 Å². The molecule has 2 bridgehead atoms. The number of carbonyl (C=O) groups is 2. The van der Waals surface area contributed by atoms with E-state index in [-0.39, 0.29) is 17.9 Å². The molecule has 4 heterocycles. The summed E-state index contributed by atoms with van der Waals surface area (Å²) in [6, 6.07) is 0. The molecular formula is C18H25N5O4. The average molecular weight is 375 g/mol. The molecule has 0 unspecified atom stereocenters. The predicted molar refractivity (Wildman–Crippen MR) is 94.4 cm³/mol. The zero-order chi connectivity index (χ0) is 19.2. The maximum atomic E-state index is 13.2. The highest BCUT2D eigenvalue weighted by Crippen LogP contribution is 2.52. The minimum atomic E-state index is -0.680. The maximum absolute atomic E-state index is 13.2. The molecule has 3 aliphatic heterocycles. The first-order valence-electron chi connectivity index (χ1n) is 9.27. The molecule has 4 rings (SSSR count). The van der Waals surface area contributed by atoms with Crippen molar-refractivity contribution < 1.29 is 19.1 Å². The Morgan fingerprint density at radius 3 is 3.07 bits per heavy atom. The molecule has 0 aromatic carbocycles. The van der Waals surface area contributed by atoms with Crippen molar-refractivity contribution in [2.75, 3.05) is 33.9 Å². The van der Waals surface area contributed by atoms with Crippen molar-refractivity contribution in [3.05, 3.63) is 24.3 Å². The van der Waals surface area contributed by atoms with E-state index in [1.54, 1.807) is 30.3 Å². The van der Waals surface area contributed by atoms with Crippen molar-refractivity contribution in [2.24, 2.45) is 11.8 Å². The summed E-state index contributed by atoms with van der Waals surface area (Å²) in [6.07, 6.45) is 5.20. The van der Waals surface area contributed by atoms with Crippen LogP contribution in [0.25, 0.3) is 0 Å². The quantitative estimate of drug-likeness (QED) is 0.607. The van der Waals surface area contributed by atoms with Gasteiger partial charge in [-0.3, -0.25) is 9.59 Å². The molecule has 4 atom stereocenters. The fraction of sp³-hybridized carbons (Fsp3) is 0.667. The summed E-state index contributed by atoms with van der Waals surface area (Å²) in [5.74, 6) is -0.366. The van der Waals surface area contributed by atoms with Gasteiger partial charge in [0.2, 0.25) is 11.8 Å². The number of aromatic nitrogens is 3. The van der Waals surface area contributed by atoms with Crippen molar-refractivity contribution in [3.8, 4) is 0 Å². The summed E-state index contributed by atoms with van der Waals surface area (Å²) in [7, 11) is 3.35. The molecule has 1 aromatic rings. The van der Waals surface area contributed by atoms with Crippen LogP contribution in [0.5, 0.6) is 0 Å². The number of rotatable bonds is 7. The zero-order valence-electron chi connectivity index (χ0n) is 15.9. The van der Waals surface area contributed by atoms with Crippen LogP contribution in [-0.4, -0.2) is 81.9 Å². The molecule has 2 saturated heterocycles. The normalized spacial score (nSPS) is 31.0. The van der Waals surface area contributed by atoms with Crippen LogP contribution in [0.2, 0.25) is 0 Å². The molecule has 2 amide bonds. The van der Waals surface area contributed by atoms with Crippen LogP contribution in [0.15, 0.2) is 18.5 Å². The van der Waals surface area contributed by atoms with Crippen molar-refractivity contribution in [3.63, 3.8) is 0 Å². The largest absolute Gasteiger partial charge is 0.383 e. The van der Waals surface area contributed by atoms with E-state index in [0.29, 0.717) is 26.2 Å². The third-order valence-electron chi connectivity index (χ3n) is 5.82. The Kier molecular flexibility index (Phi) is 4.51. The van der Waals surface area contributed by atoms with E-state index in [1.807, 2.05) is 23.6 Å². The van der Waals surface area contributed by atoms with E-state index in [9.17, 15) is 9.59 Å². The van der Waals surface area contributed by atoms with E-state index in [4.69, 9.17) is 9.47 Å². The highest BCUT2D eigenvalue weighted by molar-refractivity contribution is 5.92. The van der Waals surface area contributed by atoms with Crippen LogP contribution in [-0.2, 0) is 32.2 Å². The number of likely N-dealkylation sites (tertiary alicyclic amines) is 1. The fourth-order valence-electron chi connectivity index (χ4n) is 4.46. The molecule has 9 nitrogen and oxygen atoms in total. The van der Waals surface area contributed by atoms with Gasteiger partial charge in [-0.1, -0.05) is 12.2 Å². The zero-order valence-corrected chi connectivity index (χ0v) is 15.9. The topological polar surface area (TPSA) is 89.8 Å². The second kappa shape index (κ2) is 6.72. The predicted octanol–water partition coefficient (Wildman–Crippen LogP) is -0.315. The minimum Gasteiger partial charge on any atom is -0.383 e. The lowest BCUT2D eigenvalue weighted by molar-refractivity contribution is -0.143. The van der Waals surface area contributed by atoms with E-state index in [1.165, 1.54) is 0 Å². The highest BCUT2D eigenvalue weighted by atomic mass is 16.5. The molecule has 146 valence electrons. The number of ether oxygens (including phenoxy) is 2. The van der Waals surface area contributed by atoms with Crippen LogP contribution in [0.1, 0.15) is 12.7 Å². The lowest BCUT2D eigenvalue weighted by Gasteiger charge is -2.27. The number of fused-ring (bicyclic) bond motifs is 1. The molecule has 1 aromatic heterocycles. The van der Waals surface area contributed by atoms with Gasteiger partial charge >= 0.3 is 0 Å². The molecule has 0 N–H and O–H groups in total. The number of aryl methyl sites for hydroxylation is 1. The third-order valence-corrected chi connectivity index (χ3v) is 5.82. The summed E-state index contributed by atoms with van der Waals surface area (Å²) in [6.45, 7) is 4.53. The first-order valence-corrected chi connectivity index (χ1v) is 9.27. The number of nitrogens with zero attached hydrogens (tertiary/aromatic N) is 5. The number of carbonyl (C=O) groups excluding carboxylic acids is 2. The Bertz CT molecular complexity index is 778. The average Bonchev–Trinajstić information content (AvgIpc) is 3.40. The van der Waals surface area contributed by atoms with Gasteiger partial charge in [-0.15, -0.1) is 10.2 Å². The Morgan fingerprint density at radius 2 is 2.33 bits per heavy atom. The van der Waals surface area contributed by atoms with E-state index in [2.05, 4.69) is 10.2 Å². The Morgan fingerprint density at radius 1 is 1.52 bits per heavy atom.